The van der Waals surface area contributed by atoms with Gasteiger partial charge in [-0.15, -0.1) is 24.0 Å². The number of carbonyl (C=O) groups is 1. The van der Waals surface area contributed by atoms with E-state index < -0.39 is 17.2 Å². The molecule has 9 heteroatoms. The monoisotopic (exact) mass is 510 g/mol. The molecule has 28 heavy (non-hydrogen) atoms. The number of hydrogen-bond donors (Lipinski definition) is 2. The van der Waals surface area contributed by atoms with Crippen molar-refractivity contribution in [3.63, 3.8) is 0 Å². The maximum Gasteiger partial charge on any atom is 0.410 e. The van der Waals surface area contributed by atoms with Gasteiger partial charge >= 0.3 is 6.09 Å². The molecule has 1 unspecified atom stereocenters. The predicted molar refractivity (Wildman–Crippen MR) is 116 cm³/mol. The molecule has 1 aromatic rings. The molecule has 0 radical (unpaired) electrons. The van der Waals surface area contributed by atoms with Gasteiger partial charge in [0.1, 0.15) is 17.2 Å². The third-order valence-corrected chi connectivity index (χ3v) is 4.09. The predicted octanol–water partition coefficient (Wildman–Crippen LogP) is 3.65. The Balaban J connectivity index is 0.00000392. The first-order valence-electron chi connectivity index (χ1n) is 9.07. The van der Waals surface area contributed by atoms with Crippen molar-refractivity contribution in [1.29, 1.82) is 0 Å². The number of aliphatic imine (C=N–C) groups is 1. The van der Waals surface area contributed by atoms with E-state index in [9.17, 15) is 13.6 Å². The van der Waals surface area contributed by atoms with Gasteiger partial charge in [0.2, 0.25) is 0 Å². The number of likely N-dealkylation sites (tertiary alicyclic amines) is 1. The zero-order valence-corrected chi connectivity index (χ0v) is 19.1. The van der Waals surface area contributed by atoms with Crippen molar-refractivity contribution in [1.82, 2.24) is 15.5 Å². The van der Waals surface area contributed by atoms with Crippen LogP contribution < -0.4 is 10.6 Å². The maximum atomic E-state index is 13.7. The van der Waals surface area contributed by atoms with Crippen LogP contribution in [0.4, 0.5) is 13.6 Å². The van der Waals surface area contributed by atoms with E-state index in [2.05, 4.69) is 15.6 Å². The lowest BCUT2D eigenvalue weighted by molar-refractivity contribution is 0.0193. The van der Waals surface area contributed by atoms with Crippen molar-refractivity contribution in [2.45, 2.75) is 51.8 Å². The van der Waals surface area contributed by atoms with Gasteiger partial charge in [-0.3, -0.25) is 4.99 Å². The Morgan fingerprint density at radius 1 is 1.36 bits per heavy atom. The van der Waals surface area contributed by atoms with Gasteiger partial charge in [0.25, 0.3) is 0 Å². The first kappa shape index (κ1) is 24.4. The molecule has 1 amide bonds. The molecular weight excluding hydrogens is 481 g/mol. The van der Waals surface area contributed by atoms with Crippen LogP contribution in [0.3, 0.4) is 0 Å². The van der Waals surface area contributed by atoms with Crippen LogP contribution in [0.1, 0.15) is 39.2 Å². The summed E-state index contributed by atoms with van der Waals surface area (Å²) in [4.78, 5) is 18.0. The molecule has 1 aliphatic heterocycles. The molecule has 1 heterocycles. The van der Waals surface area contributed by atoms with Crippen molar-refractivity contribution in [2.24, 2.45) is 4.99 Å². The topological polar surface area (TPSA) is 66.0 Å². The van der Waals surface area contributed by atoms with E-state index in [1.807, 2.05) is 20.8 Å². The Morgan fingerprint density at radius 2 is 2.07 bits per heavy atom. The highest BCUT2D eigenvalue weighted by atomic mass is 127. The maximum absolute atomic E-state index is 13.7. The number of hydrogen-bond acceptors (Lipinski definition) is 3. The van der Waals surface area contributed by atoms with E-state index in [-0.39, 0.29) is 48.2 Å². The van der Waals surface area contributed by atoms with E-state index in [1.54, 1.807) is 11.9 Å². The zero-order valence-electron chi connectivity index (χ0n) is 16.7. The highest BCUT2D eigenvalue weighted by molar-refractivity contribution is 14.0. The molecule has 0 aliphatic carbocycles. The summed E-state index contributed by atoms with van der Waals surface area (Å²) >= 11 is 0. The van der Waals surface area contributed by atoms with E-state index in [4.69, 9.17) is 4.74 Å². The van der Waals surface area contributed by atoms with Gasteiger partial charge in [-0.1, -0.05) is 0 Å². The number of rotatable bonds is 3. The number of piperidine rings is 1. The number of halogens is 3. The normalized spacial score (nSPS) is 17.6. The number of ether oxygens (including phenoxy) is 1. The SMILES string of the molecule is CN=C(NCc1cc(F)ccc1F)NC1CCCN(C(=O)OC(C)(C)C)C1.I. The summed E-state index contributed by atoms with van der Waals surface area (Å²) < 4.78 is 32.4. The third-order valence-electron chi connectivity index (χ3n) is 4.09. The van der Waals surface area contributed by atoms with E-state index in [1.165, 1.54) is 0 Å². The van der Waals surface area contributed by atoms with Gasteiger partial charge in [0.05, 0.1) is 0 Å². The van der Waals surface area contributed by atoms with Crippen LogP contribution in [0.15, 0.2) is 23.2 Å². The van der Waals surface area contributed by atoms with Gasteiger partial charge in [-0.25, -0.2) is 13.6 Å². The van der Waals surface area contributed by atoms with Crippen molar-refractivity contribution in [3.05, 3.63) is 35.4 Å². The second-order valence-electron chi connectivity index (χ2n) is 7.57. The van der Waals surface area contributed by atoms with Crippen LogP contribution in [-0.4, -0.2) is 48.7 Å². The van der Waals surface area contributed by atoms with Crippen LogP contribution in [0, 0.1) is 11.6 Å². The number of amides is 1. The summed E-state index contributed by atoms with van der Waals surface area (Å²) in [7, 11) is 1.60. The largest absolute Gasteiger partial charge is 0.444 e. The van der Waals surface area contributed by atoms with E-state index >= 15 is 0 Å². The Bertz CT molecular complexity index is 695. The molecule has 1 aliphatic rings. The quantitative estimate of drug-likeness (QED) is 0.370. The number of guanidine groups is 1. The van der Waals surface area contributed by atoms with Gasteiger partial charge in [0.15, 0.2) is 5.96 Å². The summed E-state index contributed by atoms with van der Waals surface area (Å²) in [5, 5.41) is 6.21. The average Bonchev–Trinajstić information content (AvgIpc) is 2.60. The lowest BCUT2D eigenvalue weighted by atomic mass is 10.1. The molecule has 2 rings (SSSR count). The second kappa shape index (κ2) is 10.8. The molecule has 2 N–H and O–H groups in total. The number of carbonyl (C=O) groups excluding carboxylic acids is 1. The fraction of sp³-hybridized carbons (Fsp3) is 0.579. The highest BCUT2D eigenvalue weighted by Gasteiger charge is 2.28. The Hall–Kier alpha value is -1.65. The van der Waals surface area contributed by atoms with Crippen LogP contribution in [0.5, 0.6) is 0 Å². The van der Waals surface area contributed by atoms with Crippen molar-refractivity contribution >= 4 is 36.0 Å². The third kappa shape index (κ3) is 7.76. The standard InChI is InChI=1S/C19H28F2N4O2.HI/c1-19(2,3)27-18(26)25-9-5-6-15(12-25)24-17(22-4)23-11-13-10-14(20)7-8-16(13)21;/h7-8,10,15H,5-6,9,11-12H2,1-4H3,(H2,22,23,24);1H. The Morgan fingerprint density at radius 3 is 2.71 bits per heavy atom. The van der Waals surface area contributed by atoms with Crippen LogP contribution in [0.25, 0.3) is 0 Å². The second-order valence-corrected chi connectivity index (χ2v) is 7.57. The number of benzene rings is 1. The molecule has 1 atom stereocenters. The fourth-order valence-corrected chi connectivity index (χ4v) is 2.83. The summed E-state index contributed by atoms with van der Waals surface area (Å²) in [5.41, 5.74) is -0.318. The Kier molecular flexibility index (Phi) is 9.38. The molecule has 0 saturated carbocycles. The van der Waals surface area contributed by atoms with Gasteiger partial charge in [0, 0.05) is 38.3 Å². The average molecular weight is 510 g/mol. The number of nitrogens with zero attached hydrogens (tertiary/aromatic N) is 2. The lowest BCUT2D eigenvalue weighted by Crippen LogP contribution is -2.53. The van der Waals surface area contributed by atoms with Crippen molar-refractivity contribution in [3.8, 4) is 0 Å². The smallest absolute Gasteiger partial charge is 0.410 e. The molecule has 0 aromatic heterocycles. The minimum Gasteiger partial charge on any atom is -0.444 e. The summed E-state index contributed by atoms with van der Waals surface area (Å²) in [6, 6.07) is 3.33. The molecule has 1 fully saturated rings. The molecule has 1 saturated heterocycles. The van der Waals surface area contributed by atoms with Gasteiger partial charge in [-0.2, -0.15) is 0 Å². The molecule has 0 spiro atoms. The molecule has 1 aromatic carbocycles. The van der Waals surface area contributed by atoms with Gasteiger partial charge < -0.3 is 20.3 Å². The highest BCUT2D eigenvalue weighted by Crippen LogP contribution is 2.15. The van der Waals surface area contributed by atoms with Crippen LogP contribution >= 0.6 is 24.0 Å². The van der Waals surface area contributed by atoms with Crippen molar-refractivity contribution in [2.75, 3.05) is 20.1 Å². The fourth-order valence-electron chi connectivity index (χ4n) is 2.83. The van der Waals surface area contributed by atoms with Crippen LogP contribution in [-0.2, 0) is 11.3 Å². The van der Waals surface area contributed by atoms with Crippen molar-refractivity contribution < 1.29 is 18.3 Å². The summed E-state index contributed by atoms with van der Waals surface area (Å²) in [6.45, 7) is 6.75. The molecule has 6 nitrogen and oxygen atoms in total. The molecule has 158 valence electrons. The van der Waals surface area contributed by atoms with E-state index in [0.29, 0.717) is 19.0 Å². The minimum atomic E-state index is -0.538. The summed E-state index contributed by atoms with van der Waals surface area (Å²) in [5.74, 6) is -0.501. The first-order chi connectivity index (χ1) is 12.7. The van der Waals surface area contributed by atoms with E-state index in [0.717, 1.165) is 31.0 Å². The minimum absolute atomic E-state index is 0. The zero-order chi connectivity index (χ0) is 20.0. The molecular formula is C19H29F2IN4O2. The van der Waals surface area contributed by atoms with Gasteiger partial charge in [-0.05, 0) is 51.8 Å². The summed E-state index contributed by atoms with van der Waals surface area (Å²) in [6.07, 6.45) is 1.37. The van der Waals surface area contributed by atoms with Crippen LogP contribution in [0.2, 0.25) is 0 Å². The number of nitrogens with one attached hydrogen (secondary N) is 2. The molecule has 0 bridgehead atoms. The lowest BCUT2D eigenvalue weighted by Gasteiger charge is -2.35. The first-order valence-corrected chi connectivity index (χ1v) is 9.07. The Labute approximate surface area is 182 Å².